The molecule has 1 aromatic carbocycles. The number of methoxy groups -OCH3 is 1. The zero-order chi connectivity index (χ0) is 30.2. The Labute approximate surface area is 245 Å². The maximum Gasteiger partial charge on any atom is 0.187 e. The van der Waals surface area contributed by atoms with Crippen molar-refractivity contribution in [1.29, 1.82) is 0 Å². The van der Waals surface area contributed by atoms with Crippen molar-refractivity contribution in [2.75, 3.05) is 26.9 Å². The fourth-order valence-corrected chi connectivity index (χ4v) is 6.08. The monoisotopic (exact) mass is 613 g/mol. The van der Waals surface area contributed by atoms with Crippen molar-refractivity contribution in [3.8, 4) is 0 Å². The van der Waals surface area contributed by atoms with E-state index in [9.17, 15) is 25.5 Å². The van der Waals surface area contributed by atoms with Gasteiger partial charge in [-0.3, -0.25) is 0 Å². The SMILES string of the molecule is CO[C@H]1C(N=[N+]=[N-])[C@@H]2OCC(O2)[C@@H]1O[C@@H]1O[C@@H](CO)[C@@H](O[C@H]2O[C@H]3COC(c4ccccc4)O[C@H]3C(O)C2O)C(O)C1O. The normalized spacial score (nSPS) is 47.9. The number of benzene rings is 1. The Morgan fingerprint density at radius 2 is 1.53 bits per heavy atom. The second-order valence-electron chi connectivity index (χ2n) is 10.9. The van der Waals surface area contributed by atoms with Crippen LogP contribution < -0.4 is 0 Å². The summed E-state index contributed by atoms with van der Waals surface area (Å²) in [5.74, 6) is 0. The summed E-state index contributed by atoms with van der Waals surface area (Å²) < 4.78 is 51.9. The zero-order valence-corrected chi connectivity index (χ0v) is 23.0. The summed E-state index contributed by atoms with van der Waals surface area (Å²) in [5.41, 5.74) is 9.71. The summed E-state index contributed by atoms with van der Waals surface area (Å²) >= 11 is 0. The van der Waals surface area contributed by atoms with E-state index in [1.807, 2.05) is 18.2 Å². The molecule has 5 aliphatic rings. The molecule has 0 aromatic heterocycles. The summed E-state index contributed by atoms with van der Waals surface area (Å²) in [7, 11) is 1.39. The molecule has 5 aliphatic heterocycles. The van der Waals surface area contributed by atoms with Crippen molar-refractivity contribution >= 4 is 0 Å². The van der Waals surface area contributed by atoms with Crippen LogP contribution in [0.4, 0.5) is 0 Å². The fourth-order valence-electron chi connectivity index (χ4n) is 6.08. The average Bonchev–Trinajstić information content (AvgIpc) is 3.47. The maximum absolute atomic E-state index is 11.1. The molecule has 5 fully saturated rings. The lowest BCUT2D eigenvalue weighted by molar-refractivity contribution is -0.389. The molecule has 0 radical (unpaired) electrons. The molecular formula is C26H35N3O14. The van der Waals surface area contributed by atoms with Crippen LogP contribution in [0.3, 0.4) is 0 Å². The Balaban J connectivity index is 1.11. The van der Waals surface area contributed by atoms with E-state index in [4.69, 9.17) is 48.2 Å². The van der Waals surface area contributed by atoms with Crippen LogP contribution in [0.25, 0.3) is 10.4 Å². The van der Waals surface area contributed by atoms with Crippen LogP contribution in [0.5, 0.6) is 0 Å². The Morgan fingerprint density at radius 3 is 2.26 bits per heavy atom. The molecule has 43 heavy (non-hydrogen) atoms. The van der Waals surface area contributed by atoms with E-state index in [1.54, 1.807) is 12.1 Å². The van der Waals surface area contributed by atoms with Gasteiger partial charge in [0.2, 0.25) is 0 Å². The van der Waals surface area contributed by atoms with Gasteiger partial charge in [-0.25, -0.2) is 0 Å². The molecule has 17 nitrogen and oxygen atoms in total. The van der Waals surface area contributed by atoms with Crippen LogP contribution in [-0.4, -0.2) is 145 Å². The first-order chi connectivity index (χ1) is 20.8. The lowest BCUT2D eigenvalue weighted by Crippen LogP contribution is -2.66. The van der Waals surface area contributed by atoms with Gasteiger partial charge in [0, 0.05) is 17.6 Å². The lowest BCUT2D eigenvalue weighted by atomic mass is 9.95. The fraction of sp³-hybridized carbons (Fsp3) is 0.769. The molecule has 238 valence electrons. The van der Waals surface area contributed by atoms with E-state index in [0.29, 0.717) is 0 Å². The van der Waals surface area contributed by atoms with Crippen LogP contribution in [-0.2, 0) is 42.6 Å². The summed E-state index contributed by atoms with van der Waals surface area (Å²) in [6.07, 6.45) is -18.0. The predicted molar refractivity (Wildman–Crippen MR) is 137 cm³/mol. The number of ether oxygens (including phenoxy) is 9. The first-order valence-corrected chi connectivity index (χ1v) is 14.0. The Kier molecular flexibility index (Phi) is 9.46. The Hall–Kier alpha value is -2.03. The number of fused-ring (bicyclic) bond motifs is 3. The molecule has 0 spiro atoms. The molecule has 0 aliphatic carbocycles. The second kappa shape index (κ2) is 13.1. The highest BCUT2D eigenvalue weighted by molar-refractivity contribution is 5.16. The van der Waals surface area contributed by atoms with Crippen molar-refractivity contribution in [2.45, 2.75) is 98.3 Å². The van der Waals surface area contributed by atoms with Gasteiger partial charge < -0.3 is 68.2 Å². The largest absolute Gasteiger partial charge is 0.394 e. The van der Waals surface area contributed by atoms with Crippen LogP contribution in [0.15, 0.2) is 35.4 Å². The number of aliphatic hydroxyl groups is 5. The number of hydrogen-bond donors (Lipinski definition) is 5. The molecule has 2 bridgehead atoms. The van der Waals surface area contributed by atoms with Gasteiger partial charge in [-0.05, 0) is 5.53 Å². The first-order valence-electron chi connectivity index (χ1n) is 14.0. The van der Waals surface area contributed by atoms with E-state index in [-0.39, 0.29) is 13.2 Å². The van der Waals surface area contributed by atoms with Gasteiger partial charge in [0.1, 0.15) is 67.1 Å². The summed E-state index contributed by atoms with van der Waals surface area (Å²) in [4.78, 5) is 2.82. The topological polar surface area (TPSA) is 233 Å². The average molecular weight is 614 g/mol. The lowest BCUT2D eigenvalue weighted by Gasteiger charge is -2.49. The molecule has 17 heteroatoms. The van der Waals surface area contributed by atoms with Gasteiger partial charge in [0.25, 0.3) is 0 Å². The summed E-state index contributed by atoms with van der Waals surface area (Å²) in [6, 6.07) is 8.19. The van der Waals surface area contributed by atoms with Gasteiger partial charge in [-0.1, -0.05) is 35.4 Å². The van der Waals surface area contributed by atoms with Gasteiger partial charge in [0.05, 0.1) is 25.9 Å². The van der Waals surface area contributed by atoms with E-state index in [2.05, 4.69) is 10.0 Å². The maximum atomic E-state index is 11.1. The molecule has 5 saturated heterocycles. The van der Waals surface area contributed by atoms with Gasteiger partial charge in [-0.2, -0.15) is 0 Å². The number of nitrogens with zero attached hydrogens (tertiary/aromatic N) is 3. The third kappa shape index (κ3) is 5.88. The number of rotatable bonds is 8. The Morgan fingerprint density at radius 1 is 0.837 bits per heavy atom. The van der Waals surface area contributed by atoms with E-state index in [1.165, 1.54) is 7.11 Å². The molecule has 7 unspecified atom stereocenters. The minimum atomic E-state index is -1.71. The first kappa shape index (κ1) is 31.0. The van der Waals surface area contributed by atoms with Crippen molar-refractivity contribution in [2.24, 2.45) is 5.11 Å². The van der Waals surface area contributed by atoms with Crippen molar-refractivity contribution < 1.29 is 68.2 Å². The van der Waals surface area contributed by atoms with Crippen LogP contribution >= 0.6 is 0 Å². The van der Waals surface area contributed by atoms with Gasteiger partial charge >= 0.3 is 0 Å². The van der Waals surface area contributed by atoms with Crippen molar-refractivity contribution in [3.05, 3.63) is 46.3 Å². The minimum absolute atomic E-state index is 0.00621. The van der Waals surface area contributed by atoms with Gasteiger partial charge in [0.15, 0.2) is 25.2 Å². The molecule has 1 aromatic rings. The second-order valence-corrected chi connectivity index (χ2v) is 10.9. The highest BCUT2D eigenvalue weighted by atomic mass is 16.8. The third-order valence-corrected chi connectivity index (χ3v) is 8.30. The van der Waals surface area contributed by atoms with Crippen LogP contribution in [0.2, 0.25) is 0 Å². The minimum Gasteiger partial charge on any atom is -0.394 e. The standard InChI is InChI=1S/C26H35N3O14/c1-35-22-14(28-29-27)24-37-9-13(39-24)21(22)43-25-17(33)15(31)19(11(7-30)38-25)42-26-18(34)16(32)20-12(40-26)8-36-23(41-20)10-5-3-2-4-6-10/h2-6,11-26,30-34H,7-9H2,1H3/t11-,12-,13?,14?,15?,16?,17?,18?,19+,20+,21-,22-,23?,24+,25-,26+/m0/s1. The van der Waals surface area contributed by atoms with E-state index in [0.717, 1.165) is 5.56 Å². The summed E-state index contributed by atoms with van der Waals surface area (Å²) in [6.45, 7) is -0.581. The molecule has 0 saturated carbocycles. The number of aliphatic hydroxyl groups excluding tert-OH is 5. The van der Waals surface area contributed by atoms with Crippen LogP contribution in [0.1, 0.15) is 11.9 Å². The molecule has 6 rings (SSSR count). The van der Waals surface area contributed by atoms with Crippen molar-refractivity contribution in [3.63, 3.8) is 0 Å². The van der Waals surface area contributed by atoms with Crippen LogP contribution in [0, 0.1) is 0 Å². The summed E-state index contributed by atoms with van der Waals surface area (Å²) in [5, 5.41) is 57.6. The Bertz CT molecular complexity index is 1130. The molecule has 5 N–H and O–H groups in total. The molecular weight excluding hydrogens is 578 g/mol. The van der Waals surface area contributed by atoms with Crippen molar-refractivity contribution in [1.82, 2.24) is 0 Å². The van der Waals surface area contributed by atoms with Gasteiger partial charge in [-0.15, -0.1) is 0 Å². The molecule has 5 heterocycles. The number of azide groups is 1. The zero-order valence-electron chi connectivity index (χ0n) is 23.0. The predicted octanol–water partition coefficient (Wildman–Crippen LogP) is -1.79. The quantitative estimate of drug-likeness (QED) is 0.124. The molecule has 16 atom stereocenters. The smallest absolute Gasteiger partial charge is 0.187 e. The highest BCUT2D eigenvalue weighted by Gasteiger charge is 2.56. The van der Waals surface area contributed by atoms with E-state index < -0.39 is 105 Å². The third-order valence-electron chi connectivity index (χ3n) is 8.30. The molecule has 0 amide bonds. The number of hydrogen-bond acceptors (Lipinski definition) is 15. The van der Waals surface area contributed by atoms with E-state index >= 15 is 0 Å². The highest BCUT2D eigenvalue weighted by Crippen LogP contribution is 2.38.